The molecule has 2 amide bonds. The molecule has 2 aromatic rings. The van der Waals surface area contributed by atoms with Crippen molar-refractivity contribution in [3.63, 3.8) is 0 Å². The predicted octanol–water partition coefficient (Wildman–Crippen LogP) is 5.97. The van der Waals surface area contributed by atoms with Crippen molar-refractivity contribution in [3.8, 4) is 0 Å². The van der Waals surface area contributed by atoms with E-state index in [1.165, 1.54) is 9.21 Å². The van der Waals surface area contributed by atoms with Gasteiger partial charge in [0.2, 0.25) is 21.8 Å². The van der Waals surface area contributed by atoms with E-state index in [1.54, 1.807) is 30.3 Å². The van der Waals surface area contributed by atoms with Gasteiger partial charge in [-0.1, -0.05) is 68.1 Å². The Morgan fingerprint density at radius 1 is 1.03 bits per heavy atom. The number of amides is 2. The van der Waals surface area contributed by atoms with Gasteiger partial charge in [-0.3, -0.25) is 13.9 Å². The molecule has 0 heterocycles. The number of rotatable bonds is 13. The summed E-state index contributed by atoms with van der Waals surface area (Å²) in [6.07, 6.45) is 6.82. The van der Waals surface area contributed by atoms with Crippen LogP contribution in [0, 0.1) is 0 Å². The van der Waals surface area contributed by atoms with E-state index < -0.39 is 16.1 Å². The summed E-state index contributed by atoms with van der Waals surface area (Å²) < 4.78 is 26.5. The largest absolute Gasteiger partial charge is 0.352 e. The molecule has 3 rings (SSSR count). The third-order valence-electron chi connectivity index (χ3n) is 7.26. The number of sulfonamides is 1. The standard InChI is InChI=1S/C29H39Cl2N3O4S/c1-4-21-15-17-23(18-16-21)34(39(3,37)38)19-9-14-28(35)33(20-24-25(30)12-8-13-26(24)31)27(5-2)29(36)32-22-10-6-7-11-22/h8,12-13,15-18,22,27H,4-7,9-11,14,19-20H2,1-3H3,(H,32,36)/t27-/m1/s1. The van der Waals surface area contributed by atoms with Crippen LogP contribution in [-0.2, 0) is 32.6 Å². The number of hydrogen-bond acceptors (Lipinski definition) is 4. The zero-order valence-electron chi connectivity index (χ0n) is 23.0. The minimum Gasteiger partial charge on any atom is -0.352 e. The molecule has 0 radical (unpaired) electrons. The molecule has 2 aromatic carbocycles. The summed E-state index contributed by atoms with van der Waals surface area (Å²) in [4.78, 5) is 28.5. The van der Waals surface area contributed by atoms with Gasteiger partial charge in [0.05, 0.1) is 11.9 Å². The van der Waals surface area contributed by atoms with Crippen LogP contribution in [0.5, 0.6) is 0 Å². The molecule has 0 unspecified atom stereocenters. The van der Waals surface area contributed by atoms with Gasteiger partial charge in [-0.15, -0.1) is 0 Å². The van der Waals surface area contributed by atoms with Crippen molar-refractivity contribution < 1.29 is 18.0 Å². The van der Waals surface area contributed by atoms with Crippen LogP contribution >= 0.6 is 23.2 Å². The van der Waals surface area contributed by atoms with Crippen LogP contribution in [0.25, 0.3) is 0 Å². The minimum absolute atomic E-state index is 0.0638. The molecule has 0 bridgehead atoms. The van der Waals surface area contributed by atoms with Crippen LogP contribution in [-0.4, -0.2) is 50.0 Å². The number of hydrogen-bond donors (Lipinski definition) is 1. The number of carbonyl (C=O) groups is 2. The molecule has 0 aliphatic heterocycles. The van der Waals surface area contributed by atoms with Crippen molar-refractivity contribution >= 4 is 50.7 Å². The molecular formula is C29H39Cl2N3O4S. The maximum Gasteiger partial charge on any atom is 0.243 e. The molecule has 1 atom stereocenters. The lowest BCUT2D eigenvalue weighted by Gasteiger charge is -2.32. The first-order valence-electron chi connectivity index (χ1n) is 13.6. The molecule has 0 spiro atoms. The van der Waals surface area contributed by atoms with Gasteiger partial charge in [0.25, 0.3) is 0 Å². The number of nitrogens with zero attached hydrogens (tertiary/aromatic N) is 2. The Morgan fingerprint density at radius 2 is 1.64 bits per heavy atom. The summed E-state index contributed by atoms with van der Waals surface area (Å²) in [5, 5.41) is 3.96. The minimum atomic E-state index is -3.55. The Balaban J connectivity index is 1.79. The van der Waals surface area contributed by atoms with Gasteiger partial charge >= 0.3 is 0 Å². The van der Waals surface area contributed by atoms with E-state index in [0.29, 0.717) is 27.7 Å². The van der Waals surface area contributed by atoms with Crippen molar-refractivity contribution in [2.24, 2.45) is 0 Å². The van der Waals surface area contributed by atoms with E-state index in [-0.39, 0.29) is 43.8 Å². The lowest BCUT2D eigenvalue weighted by molar-refractivity contribution is -0.141. The molecule has 214 valence electrons. The second kappa shape index (κ2) is 14.4. The fourth-order valence-corrected chi connectivity index (χ4v) is 6.52. The highest BCUT2D eigenvalue weighted by atomic mass is 35.5. The number of halogens is 2. The van der Waals surface area contributed by atoms with Crippen molar-refractivity contribution in [1.29, 1.82) is 0 Å². The molecule has 0 aromatic heterocycles. The average Bonchev–Trinajstić information content (AvgIpc) is 3.40. The average molecular weight is 597 g/mol. The first kappa shape index (κ1) is 31.2. The van der Waals surface area contributed by atoms with Crippen LogP contribution in [0.4, 0.5) is 5.69 Å². The number of benzene rings is 2. The maximum absolute atomic E-state index is 13.7. The summed E-state index contributed by atoms with van der Waals surface area (Å²) >= 11 is 12.9. The van der Waals surface area contributed by atoms with E-state index in [0.717, 1.165) is 43.9 Å². The normalized spacial score (nSPS) is 14.7. The van der Waals surface area contributed by atoms with Gasteiger partial charge in [-0.2, -0.15) is 0 Å². The van der Waals surface area contributed by atoms with E-state index in [2.05, 4.69) is 5.32 Å². The highest BCUT2D eigenvalue weighted by molar-refractivity contribution is 7.92. The number of aryl methyl sites for hydroxylation is 1. The molecule has 1 aliphatic rings. The van der Waals surface area contributed by atoms with Crippen LogP contribution < -0.4 is 9.62 Å². The highest BCUT2D eigenvalue weighted by Crippen LogP contribution is 2.28. The van der Waals surface area contributed by atoms with Gasteiger partial charge < -0.3 is 10.2 Å². The smallest absolute Gasteiger partial charge is 0.243 e. The summed E-state index contributed by atoms with van der Waals surface area (Å²) in [5.74, 6) is -0.441. The molecule has 7 nitrogen and oxygen atoms in total. The monoisotopic (exact) mass is 595 g/mol. The zero-order chi connectivity index (χ0) is 28.6. The predicted molar refractivity (Wildman–Crippen MR) is 159 cm³/mol. The Bertz CT molecular complexity index is 1210. The van der Waals surface area contributed by atoms with E-state index in [4.69, 9.17) is 23.2 Å². The van der Waals surface area contributed by atoms with Crippen LogP contribution in [0.15, 0.2) is 42.5 Å². The SMILES string of the molecule is CCc1ccc(N(CCCC(=O)N(Cc2c(Cl)cccc2Cl)[C@H](CC)C(=O)NC2CCCC2)S(C)(=O)=O)cc1. The molecule has 39 heavy (non-hydrogen) atoms. The second-order valence-electron chi connectivity index (χ2n) is 10.1. The Kier molecular flexibility index (Phi) is 11.5. The lowest BCUT2D eigenvalue weighted by atomic mass is 10.1. The molecular weight excluding hydrogens is 557 g/mol. The molecule has 1 N–H and O–H groups in total. The first-order chi connectivity index (χ1) is 18.5. The summed E-state index contributed by atoms with van der Waals surface area (Å²) in [7, 11) is -3.55. The lowest BCUT2D eigenvalue weighted by Crippen LogP contribution is -2.51. The summed E-state index contributed by atoms with van der Waals surface area (Å²) in [6.45, 7) is 4.14. The quantitative estimate of drug-likeness (QED) is 0.309. The third kappa shape index (κ3) is 8.60. The number of carbonyl (C=O) groups excluding carboxylic acids is 2. The van der Waals surface area contributed by atoms with Crippen LogP contribution in [0.1, 0.15) is 69.9 Å². The summed E-state index contributed by atoms with van der Waals surface area (Å²) in [6, 6.07) is 12.0. The maximum atomic E-state index is 13.7. The summed E-state index contributed by atoms with van der Waals surface area (Å²) in [5.41, 5.74) is 2.25. The fraction of sp³-hybridized carbons (Fsp3) is 0.517. The highest BCUT2D eigenvalue weighted by Gasteiger charge is 2.31. The van der Waals surface area contributed by atoms with Crippen LogP contribution in [0.3, 0.4) is 0 Å². The molecule has 1 aliphatic carbocycles. The van der Waals surface area contributed by atoms with E-state index in [9.17, 15) is 18.0 Å². The van der Waals surface area contributed by atoms with E-state index >= 15 is 0 Å². The third-order valence-corrected chi connectivity index (χ3v) is 9.16. The molecule has 0 saturated heterocycles. The van der Waals surface area contributed by atoms with Crippen molar-refractivity contribution in [3.05, 3.63) is 63.6 Å². The van der Waals surface area contributed by atoms with E-state index in [1.807, 2.05) is 26.0 Å². The molecule has 1 fully saturated rings. The van der Waals surface area contributed by atoms with Gasteiger partial charge in [-0.05, 0) is 61.9 Å². The first-order valence-corrected chi connectivity index (χ1v) is 16.2. The van der Waals surface area contributed by atoms with Gasteiger partial charge in [0, 0.05) is 41.2 Å². The Morgan fingerprint density at radius 3 is 2.18 bits per heavy atom. The molecule has 1 saturated carbocycles. The van der Waals surface area contributed by atoms with Gasteiger partial charge in [-0.25, -0.2) is 8.42 Å². The van der Waals surface area contributed by atoms with Gasteiger partial charge in [0.1, 0.15) is 6.04 Å². The van der Waals surface area contributed by atoms with Crippen molar-refractivity contribution in [2.75, 3.05) is 17.1 Å². The Labute approximate surface area is 242 Å². The van der Waals surface area contributed by atoms with Crippen molar-refractivity contribution in [2.45, 2.75) is 83.8 Å². The zero-order valence-corrected chi connectivity index (χ0v) is 25.3. The topological polar surface area (TPSA) is 86.8 Å². The Hall–Kier alpha value is -2.29. The number of nitrogens with one attached hydrogen (secondary N) is 1. The van der Waals surface area contributed by atoms with Crippen molar-refractivity contribution in [1.82, 2.24) is 10.2 Å². The second-order valence-corrected chi connectivity index (χ2v) is 12.8. The van der Waals surface area contributed by atoms with Gasteiger partial charge in [0.15, 0.2) is 0 Å². The molecule has 10 heteroatoms. The number of anilines is 1. The fourth-order valence-electron chi connectivity index (χ4n) is 5.04. The van der Waals surface area contributed by atoms with Crippen LogP contribution in [0.2, 0.25) is 10.0 Å².